The Bertz CT molecular complexity index is 1250. The van der Waals surface area contributed by atoms with E-state index in [-0.39, 0.29) is 60.7 Å². The first-order valence-corrected chi connectivity index (χ1v) is 13.6. The Labute approximate surface area is 251 Å². The second kappa shape index (κ2) is 15.2. The summed E-state index contributed by atoms with van der Waals surface area (Å²) in [5.74, 6) is -0.773. The molecule has 0 amide bonds. The summed E-state index contributed by atoms with van der Waals surface area (Å²) in [5.41, 5.74) is 4.55. The van der Waals surface area contributed by atoms with Gasteiger partial charge in [-0.05, 0) is 40.7 Å². The molecule has 43 heavy (non-hydrogen) atoms. The number of rotatable bonds is 11. The SMILES string of the molecule is COC(=O)[C@@](N)(CCOC(=O)Oc1ccccc1)Cc1ccc(OC(=O)OCC(C)(C)C)c(OC(=O)OCC(C)(C)C)c1. The topological polar surface area (TPSA) is 159 Å². The Hall–Kier alpha value is -4.32. The molecule has 2 aromatic rings. The third kappa shape index (κ3) is 13.0. The molecule has 0 heterocycles. The van der Waals surface area contributed by atoms with Crippen LogP contribution in [0.1, 0.15) is 53.5 Å². The van der Waals surface area contributed by atoms with Gasteiger partial charge in [-0.2, -0.15) is 0 Å². The fourth-order valence-corrected chi connectivity index (χ4v) is 3.38. The molecule has 0 aliphatic rings. The zero-order valence-corrected chi connectivity index (χ0v) is 25.7. The van der Waals surface area contributed by atoms with Crippen molar-refractivity contribution in [2.24, 2.45) is 16.6 Å². The van der Waals surface area contributed by atoms with Crippen LogP contribution in [0, 0.1) is 10.8 Å². The van der Waals surface area contributed by atoms with Crippen LogP contribution in [0.3, 0.4) is 0 Å². The number of para-hydroxylation sites is 1. The fraction of sp³-hybridized carbons (Fsp3) is 0.484. The Kier molecular flexibility index (Phi) is 12.4. The van der Waals surface area contributed by atoms with Gasteiger partial charge in [-0.15, -0.1) is 0 Å². The van der Waals surface area contributed by atoms with Gasteiger partial charge in [0.2, 0.25) is 0 Å². The molecule has 0 saturated carbocycles. The number of carbonyl (C=O) groups excluding carboxylic acids is 4. The van der Waals surface area contributed by atoms with Crippen LogP contribution in [0.25, 0.3) is 0 Å². The number of esters is 1. The zero-order valence-electron chi connectivity index (χ0n) is 25.7. The van der Waals surface area contributed by atoms with Gasteiger partial charge in [0, 0.05) is 12.8 Å². The lowest BCUT2D eigenvalue weighted by atomic mass is 9.88. The molecular weight excluding hydrogens is 562 g/mol. The number of carbonyl (C=O) groups is 4. The molecule has 2 aromatic carbocycles. The number of hydrogen-bond acceptors (Lipinski definition) is 12. The van der Waals surface area contributed by atoms with Crippen LogP contribution < -0.4 is 19.9 Å². The minimum Gasteiger partial charge on any atom is -0.468 e. The van der Waals surface area contributed by atoms with Crippen molar-refractivity contribution in [3.8, 4) is 17.2 Å². The Morgan fingerprint density at radius 3 is 1.77 bits per heavy atom. The Morgan fingerprint density at radius 1 is 0.698 bits per heavy atom. The second-order valence-electron chi connectivity index (χ2n) is 12.3. The fourth-order valence-electron chi connectivity index (χ4n) is 3.38. The van der Waals surface area contributed by atoms with Gasteiger partial charge in [-0.1, -0.05) is 65.8 Å². The quantitative estimate of drug-likeness (QED) is 0.186. The third-order valence-corrected chi connectivity index (χ3v) is 5.46. The normalized spacial score (nSPS) is 12.7. The van der Waals surface area contributed by atoms with E-state index in [1.807, 2.05) is 41.5 Å². The van der Waals surface area contributed by atoms with Crippen LogP contribution in [-0.2, 0) is 30.2 Å². The summed E-state index contributed by atoms with van der Waals surface area (Å²) in [6, 6.07) is 12.6. The molecule has 12 heteroatoms. The Balaban J connectivity index is 2.21. The summed E-state index contributed by atoms with van der Waals surface area (Å²) >= 11 is 0. The molecule has 0 bridgehead atoms. The van der Waals surface area contributed by atoms with E-state index in [9.17, 15) is 19.2 Å². The number of hydrogen-bond donors (Lipinski definition) is 1. The molecule has 0 aromatic heterocycles. The highest BCUT2D eigenvalue weighted by Gasteiger charge is 2.36. The molecule has 0 aliphatic heterocycles. The highest BCUT2D eigenvalue weighted by Crippen LogP contribution is 2.32. The van der Waals surface area contributed by atoms with Gasteiger partial charge in [0.15, 0.2) is 11.5 Å². The van der Waals surface area contributed by atoms with Crippen molar-refractivity contribution < 1.29 is 52.3 Å². The highest BCUT2D eigenvalue weighted by atomic mass is 16.7. The smallest absolute Gasteiger partial charge is 0.468 e. The lowest BCUT2D eigenvalue weighted by molar-refractivity contribution is -0.147. The van der Waals surface area contributed by atoms with Crippen molar-refractivity contribution in [1.29, 1.82) is 0 Å². The predicted molar refractivity (Wildman–Crippen MR) is 155 cm³/mol. The molecule has 2 N–H and O–H groups in total. The second-order valence-corrected chi connectivity index (χ2v) is 12.3. The van der Waals surface area contributed by atoms with E-state index >= 15 is 0 Å². The predicted octanol–water partition coefficient (Wildman–Crippen LogP) is 5.83. The van der Waals surface area contributed by atoms with E-state index in [0.29, 0.717) is 5.56 Å². The molecule has 0 radical (unpaired) electrons. The molecule has 2 rings (SSSR count). The van der Waals surface area contributed by atoms with E-state index in [1.54, 1.807) is 30.3 Å². The lowest BCUT2D eigenvalue weighted by Crippen LogP contribution is -2.51. The summed E-state index contributed by atoms with van der Waals surface area (Å²) < 4.78 is 36.1. The van der Waals surface area contributed by atoms with Gasteiger partial charge in [0.1, 0.15) is 11.3 Å². The van der Waals surface area contributed by atoms with E-state index < -0.39 is 30.0 Å². The summed E-state index contributed by atoms with van der Waals surface area (Å²) in [6.07, 6.45) is -3.26. The summed E-state index contributed by atoms with van der Waals surface area (Å²) in [7, 11) is 1.17. The molecule has 12 nitrogen and oxygen atoms in total. The van der Waals surface area contributed by atoms with Crippen molar-refractivity contribution in [3.63, 3.8) is 0 Å². The molecule has 236 valence electrons. The highest BCUT2D eigenvalue weighted by molar-refractivity contribution is 5.81. The average molecular weight is 604 g/mol. The number of nitrogens with two attached hydrogens (primary N) is 1. The van der Waals surface area contributed by atoms with E-state index in [1.165, 1.54) is 25.3 Å². The number of methoxy groups -OCH3 is 1. The van der Waals surface area contributed by atoms with Gasteiger partial charge in [-0.25, -0.2) is 14.4 Å². The van der Waals surface area contributed by atoms with Gasteiger partial charge in [0.05, 0.1) is 26.9 Å². The van der Waals surface area contributed by atoms with Crippen LogP contribution >= 0.6 is 0 Å². The molecule has 0 unspecified atom stereocenters. The zero-order chi connectivity index (χ0) is 32.3. The van der Waals surface area contributed by atoms with Crippen molar-refractivity contribution in [3.05, 3.63) is 54.1 Å². The van der Waals surface area contributed by atoms with Crippen molar-refractivity contribution >= 4 is 24.4 Å². The Morgan fingerprint density at radius 2 is 1.23 bits per heavy atom. The van der Waals surface area contributed by atoms with Gasteiger partial charge >= 0.3 is 24.4 Å². The molecule has 1 atom stereocenters. The maximum atomic E-state index is 12.7. The minimum atomic E-state index is -1.65. The van der Waals surface area contributed by atoms with Gasteiger partial charge in [0.25, 0.3) is 0 Å². The maximum Gasteiger partial charge on any atom is 0.513 e. The monoisotopic (exact) mass is 603 g/mol. The van der Waals surface area contributed by atoms with Crippen molar-refractivity contribution in [2.45, 2.75) is 59.9 Å². The molecule has 0 spiro atoms. The summed E-state index contributed by atoms with van der Waals surface area (Å²) in [4.78, 5) is 49.6. The first kappa shape index (κ1) is 34.9. The molecular formula is C31H41NO11. The van der Waals surface area contributed by atoms with Crippen molar-refractivity contribution in [1.82, 2.24) is 0 Å². The van der Waals surface area contributed by atoms with Crippen LogP contribution in [0.2, 0.25) is 0 Å². The van der Waals surface area contributed by atoms with Crippen LogP contribution in [0.5, 0.6) is 17.2 Å². The van der Waals surface area contributed by atoms with Crippen LogP contribution in [-0.4, -0.2) is 56.9 Å². The van der Waals surface area contributed by atoms with E-state index in [0.717, 1.165) is 0 Å². The molecule has 0 aliphatic carbocycles. The van der Waals surface area contributed by atoms with Gasteiger partial charge in [-0.3, -0.25) is 4.79 Å². The van der Waals surface area contributed by atoms with Crippen LogP contribution in [0.4, 0.5) is 14.4 Å². The largest absolute Gasteiger partial charge is 0.513 e. The van der Waals surface area contributed by atoms with Crippen molar-refractivity contribution in [2.75, 3.05) is 26.9 Å². The first-order valence-electron chi connectivity index (χ1n) is 13.6. The molecule has 0 saturated heterocycles. The first-order chi connectivity index (χ1) is 20.0. The minimum absolute atomic E-state index is 0.0658. The van der Waals surface area contributed by atoms with Crippen LogP contribution in [0.15, 0.2) is 48.5 Å². The standard InChI is InChI=1S/C31H41NO11/c1-29(2,3)19-39-27(35)42-23-14-13-21(17-24(23)43-28(36)40-20-30(4,5)6)18-31(32,25(33)37-7)15-16-38-26(34)41-22-11-9-8-10-12-22/h8-14,17H,15-16,18-20,32H2,1-7H3/t31-/m1/s1. The summed E-state index contributed by atoms with van der Waals surface area (Å²) in [5, 5.41) is 0. The molecule has 0 fully saturated rings. The third-order valence-electron chi connectivity index (χ3n) is 5.46. The maximum absolute atomic E-state index is 12.7. The van der Waals surface area contributed by atoms with Gasteiger partial charge < -0.3 is 38.9 Å². The lowest BCUT2D eigenvalue weighted by Gasteiger charge is -2.26. The van der Waals surface area contributed by atoms with E-state index in [4.69, 9.17) is 38.9 Å². The van der Waals surface area contributed by atoms with E-state index in [2.05, 4.69) is 0 Å². The average Bonchev–Trinajstić information content (AvgIpc) is 2.91. The summed E-state index contributed by atoms with van der Waals surface area (Å²) in [6.45, 7) is 11.2. The number of ether oxygens (including phenoxy) is 7. The number of benzene rings is 2.